The highest BCUT2D eigenvalue weighted by molar-refractivity contribution is 14.1. The molecule has 0 aliphatic heterocycles. The Hall–Kier alpha value is -1.08. The summed E-state index contributed by atoms with van der Waals surface area (Å²) in [5.74, 6) is 0.817. The molecule has 0 saturated heterocycles. The Balaban J connectivity index is 2.13. The van der Waals surface area contributed by atoms with Crippen molar-refractivity contribution < 1.29 is 4.74 Å². The highest BCUT2D eigenvalue weighted by Gasteiger charge is 2.05. The average molecular weight is 431 g/mol. The number of halogens is 2. The number of hydrazone groups is 1. The quantitative estimate of drug-likeness (QED) is 0.440. The van der Waals surface area contributed by atoms with E-state index in [1.807, 2.05) is 42.5 Å². The van der Waals surface area contributed by atoms with Gasteiger partial charge in [0.15, 0.2) is 0 Å². The minimum Gasteiger partial charge on any atom is -0.496 e. The van der Waals surface area contributed by atoms with Crippen molar-refractivity contribution in [1.82, 2.24) is 0 Å². The molecule has 0 amide bonds. The van der Waals surface area contributed by atoms with Gasteiger partial charge in [0.2, 0.25) is 0 Å². The summed E-state index contributed by atoms with van der Waals surface area (Å²) >= 11 is 5.73. The van der Waals surface area contributed by atoms with Gasteiger partial charge in [-0.1, -0.05) is 18.2 Å². The monoisotopic (exact) mass is 430 g/mol. The minimum absolute atomic E-state index is 0.817. The molecule has 0 unspecified atom stereocenters. The van der Waals surface area contributed by atoms with Crippen molar-refractivity contribution in [2.75, 3.05) is 12.5 Å². The molecule has 0 spiro atoms. The van der Waals surface area contributed by atoms with Crippen LogP contribution in [0.2, 0.25) is 0 Å². The Morgan fingerprint density at radius 1 is 1.26 bits per heavy atom. The third-order valence-corrected chi connectivity index (χ3v) is 4.00. The van der Waals surface area contributed by atoms with Crippen LogP contribution < -0.4 is 10.2 Å². The van der Waals surface area contributed by atoms with Crippen LogP contribution >= 0.6 is 38.5 Å². The second-order valence-electron chi connectivity index (χ2n) is 3.74. The lowest BCUT2D eigenvalue weighted by Gasteiger charge is -2.06. The molecule has 0 fully saturated rings. The van der Waals surface area contributed by atoms with E-state index in [1.54, 1.807) is 13.3 Å². The van der Waals surface area contributed by atoms with Gasteiger partial charge in [0, 0.05) is 9.13 Å². The summed E-state index contributed by atoms with van der Waals surface area (Å²) in [5.41, 5.74) is 4.97. The van der Waals surface area contributed by atoms with Gasteiger partial charge in [-0.3, -0.25) is 5.43 Å². The smallest absolute Gasteiger partial charge is 0.134 e. The van der Waals surface area contributed by atoms with Gasteiger partial charge in [-0.15, -0.1) is 0 Å². The second-order valence-corrected chi connectivity index (χ2v) is 5.76. The van der Waals surface area contributed by atoms with Gasteiger partial charge in [0.1, 0.15) is 5.75 Å². The number of nitrogens with one attached hydrogen (secondary N) is 1. The number of hydrogen-bond donors (Lipinski definition) is 1. The van der Waals surface area contributed by atoms with Crippen LogP contribution in [0.5, 0.6) is 5.75 Å². The van der Waals surface area contributed by atoms with Gasteiger partial charge >= 0.3 is 0 Å². The lowest BCUT2D eigenvalue weighted by molar-refractivity contribution is 0.412. The molecule has 2 aromatic carbocycles. The van der Waals surface area contributed by atoms with Crippen molar-refractivity contribution in [2.45, 2.75) is 0 Å². The van der Waals surface area contributed by atoms with Crippen LogP contribution in [-0.2, 0) is 0 Å². The Kier molecular flexibility index (Phi) is 5.21. The zero-order valence-corrected chi connectivity index (χ0v) is 14.0. The number of benzene rings is 2. The van der Waals surface area contributed by atoms with Crippen molar-refractivity contribution in [2.24, 2.45) is 5.10 Å². The summed E-state index contributed by atoms with van der Waals surface area (Å²) in [5, 5.41) is 4.23. The molecule has 98 valence electrons. The predicted octanol–water partition coefficient (Wildman–Crippen LogP) is 4.51. The molecular weight excluding hydrogens is 419 g/mol. The van der Waals surface area contributed by atoms with Crippen LogP contribution in [0.1, 0.15) is 5.56 Å². The number of rotatable bonds is 4. The Morgan fingerprint density at radius 3 is 2.68 bits per heavy atom. The van der Waals surface area contributed by atoms with Gasteiger partial charge in [0.25, 0.3) is 0 Å². The molecule has 0 heterocycles. The fraction of sp³-hybridized carbons (Fsp3) is 0.0714. The van der Waals surface area contributed by atoms with Gasteiger partial charge in [-0.2, -0.15) is 5.10 Å². The van der Waals surface area contributed by atoms with Gasteiger partial charge in [-0.25, -0.2) is 0 Å². The van der Waals surface area contributed by atoms with E-state index in [0.717, 1.165) is 25.0 Å². The van der Waals surface area contributed by atoms with Crippen molar-refractivity contribution in [3.63, 3.8) is 0 Å². The Bertz CT molecular complexity index is 587. The fourth-order valence-corrected chi connectivity index (χ4v) is 2.59. The van der Waals surface area contributed by atoms with Gasteiger partial charge in [0.05, 0.1) is 23.5 Å². The molecule has 0 aromatic heterocycles. The summed E-state index contributed by atoms with van der Waals surface area (Å²) in [4.78, 5) is 0. The molecule has 2 rings (SSSR count). The first-order valence-electron chi connectivity index (χ1n) is 5.58. The molecule has 2 aromatic rings. The lowest BCUT2D eigenvalue weighted by atomic mass is 10.2. The van der Waals surface area contributed by atoms with Crippen molar-refractivity contribution in [3.05, 3.63) is 56.1 Å². The zero-order valence-electron chi connectivity index (χ0n) is 10.2. The molecule has 5 heteroatoms. The molecular formula is C14H12BrIN2O. The van der Waals surface area contributed by atoms with Crippen molar-refractivity contribution in [3.8, 4) is 5.75 Å². The first-order valence-corrected chi connectivity index (χ1v) is 7.45. The number of nitrogens with zero attached hydrogens (tertiary/aromatic N) is 1. The summed E-state index contributed by atoms with van der Waals surface area (Å²) in [6.45, 7) is 0. The maximum Gasteiger partial charge on any atom is 0.134 e. The summed E-state index contributed by atoms with van der Waals surface area (Å²) in [6, 6.07) is 13.8. The van der Waals surface area contributed by atoms with E-state index in [0.29, 0.717) is 0 Å². The molecule has 0 aliphatic carbocycles. The van der Waals surface area contributed by atoms with Crippen molar-refractivity contribution >= 4 is 50.4 Å². The zero-order chi connectivity index (χ0) is 13.7. The molecule has 3 nitrogen and oxygen atoms in total. The fourth-order valence-electron chi connectivity index (χ4n) is 1.49. The summed E-state index contributed by atoms with van der Waals surface area (Å²) in [7, 11) is 1.65. The van der Waals surface area contributed by atoms with Crippen LogP contribution in [0.3, 0.4) is 0 Å². The largest absolute Gasteiger partial charge is 0.496 e. The standard InChI is InChI=1S/C14H12BrIN2O/c1-19-14-8-13(16)10(7-12(14)15)9-17-18-11-5-3-2-4-6-11/h2-9,18H,1H3. The van der Waals surface area contributed by atoms with E-state index < -0.39 is 0 Å². The van der Waals surface area contributed by atoms with Crippen LogP contribution in [0, 0.1) is 3.57 Å². The van der Waals surface area contributed by atoms with Gasteiger partial charge in [-0.05, 0) is 62.8 Å². The van der Waals surface area contributed by atoms with E-state index in [9.17, 15) is 0 Å². The molecule has 0 atom stereocenters. The topological polar surface area (TPSA) is 33.6 Å². The number of hydrogen-bond acceptors (Lipinski definition) is 3. The van der Waals surface area contributed by atoms with Gasteiger partial charge < -0.3 is 4.74 Å². The average Bonchev–Trinajstić information content (AvgIpc) is 2.43. The van der Waals surface area contributed by atoms with E-state index in [1.165, 1.54) is 0 Å². The lowest BCUT2D eigenvalue weighted by Crippen LogP contribution is -1.94. The predicted molar refractivity (Wildman–Crippen MR) is 91.1 cm³/mol. The SMILES string of the molecule is COc1cc(I)c(C=NNc2ccccc2)cc1Br. The highest BCUT2D eigenvalue weighted by atomic mass is 127. The maximum atomic E-state index is 5.24. The minimum atomic E-state index is 0.817. The van der Waals surface area contributed by atoms with Crippen LogP contribution in [0.4, 0.5) is 5.69 Å². The number of anilines is 1. The Labute approximate surface area is 134 Å². The first kappa shape index (κ1) is 14.3. The summed E-state index contributed by atoms with van der Waals surface area (Å²) in [6.07, 6.45) is 1.79. The normalized spacial score (nSPS) is 10.7. The number of para-hydroxylation sites is 1. The number of methoxy groups -OCH3 is 1. The maximum absolute atomic E-state index is 5.24. The van der Waals surface area contributed by atoms with Crippen LogP contribution in [0.25, 0.3) is 0 Å². The number of ether oxygens (including phenoxy) is 1. The molecule has 0 radical (unpaired) electrons. The molecule has 0 bridgehead atoms. The second kappa shape index (κ2) is 6.91. The molecule has 1 N–H and O–H groups in total. The first-order chi connectivity index (χ1) is 9.20. The van der Waals surface area contributed by atoms with Crippen LogP contribution in [-0.4, -0.2) is 13.3 Å². The van der Waals surface area contributed by atoms with Crippen molar-refractivity contribution in [1.29, 1.82) is 0 Å². The highest BCUT2D eigenvalue weighted by Crippen LogP contribution is 2.28. The Morgan fingerprint density at radius 2 is 2.00 bits per heavy atom. The van der Waals surface area contributed by atoms with E-state index in [4.69, 9.17) is 4.74 Å². The van der Waals surface area contributed by atoms with E-state index in [-0.39, 0.29) is 0 Å². The molecule has 0 saturated carbocycles. The third kappa shape index (κ3) is 3.94. The van der Waals surface area contributed by atoms with Crippen LogP contribution in [0.15, 0.2) is 52.0 Å². The summed E-state index contributed by atoms with van der Waals surface area (Å²) < 4.78 is 7.24. The third-order valence-electron chi connectivity index (χ3n) is 2.44. The van der Waals surface area contributed by atoms with E-state index >= 15 is 0 Å². The van der Waals surface area contributed by atoms with E-state index in [2.05, 4.69) is 49.0 Å². The molecule has 19 heavy (non-hydrogen) atoms. The molecule has 0 aliphatic rings.